The molecule has 0 aliphatic heterocycles. The van der Waals surface area contributed by atoms with Crippen LogP contribution in [0.3, 0.4) is 0 Å². The second kappa shape index (κ2) is 5.93. The molecule has 0 saturated carbocycles. The number of rotatable bonds is 6. The monoisotopic (exact) mass is 250 g/mol. The van der Waals surface area contributed by atoms with Crippen LogP contribution in [0, 0.1) is 6.92 Å². The lowest BCUT2D eigenvalue weighted by Gasteiger charge is -2.11. The molecule has 0 amide bonds. The maximum Gasteiger partial charge on any atom is 0.0692 e. The van der Waals surface area contributed by atoms with Gasteiger partial charge >= 0.3 is 0 Å². The van der Waals surface area contributed by atoms with Gasteiger partial charge in [0.15, 0.2) is 0 Å². The molecule has 0 aliphatic rings. The Balaban J connectivity index is 1.68. The molecule has 92 valence electrons. The van der Waals surface area contributed by atoms with Crippen molar-refractivity contribution in [3.05, 3.63) is 34.3 Å². The number of hydrogen-bond acceptors (Lipinski definition) is 4. The van der Waals surface area contributed by atoms with Crippen LogP contribution >= 0.6 is 11.3 Å². The van der Waals surface area contributed by atoms with Gasteiger partial charge in [-0.3, -0.25) is 4.68 Å². The van der Waals surface area contributed by atoms with Gasteiger partial charge in [0.05, 0.1) is 6.20 Å². The number of hydrogen-bond donors (Lipinski definition) is 1. The van der Waals surface area contributed by atoms with Gasteiger partial charge in [-0.2, -0.15) is 0 Å². The number of thiophene rings is 1. The molecule has 0 spiro atoms. The molecular weight excluding hydrogens is 232 g/mol. The summed E-state index contributed by atoms with van der Waals surface area (Å²) >= 11 is 1.86. The molecule has 4 nitrogen and oxygen atoms in total. The second-order valence-electron chi connectivity index (χ2n) is 4.14. The van der Waals surface area contributed by atoms with Crippen molar-refractivity contribution in [1.29, 1.82) is 0 Å². The highest BCUT2D eigenvalue weighted by molar-refractivity contribution is 7.12. The van der Waals surface area contributed by atoms with Crippen LogP contribution in [-0.4, -0.2) is 21.5 Å². The van der Waals surface area contributed by atoms with Crippen LogP contribution in [0.4, 0.5) is 0 Å². The Labute approximate surface area is 106 Å². The molecule has 2 aromatic heterocycles. The maximum atomic E-state index is 3.94. The van der Waals surface area contributed by atoms with Crippen molar-refractivity contribution in [2.45, 2.75) is 32.9 Å². The Bertz CT molecular complexity index is 435. The van der Waals surface area contributed by atoms with E-state index in [0.717, 1.165) is 19.5 Å². The molecule has 1 atom stereocenters. The van der Waals surface area contributed by atoms with Crippen molar-refractivity contribution in [2.24, 2.45) is 0 Å². The summed E-state index contributed by atoms with van der Waals surface area (Å²) in [6.07, 6.45) is 4.68. The summed E-state index contributed by atoms with van der Waals surface area (Å²) in [7, 11) is 0. The molecule has 0 bridgehead atoms. The molecule has 0 aromatic carbocycles. The van der Waals surface area contributed by atoms with Gasteiger partial charge in [-0.1, -0.05) is 5.21 Å². The first-order valence-corrected chi connectivity index (χ1v) is 6.71. The quantitative estimate of drug-likeness (QED) is 0.800. The third-order valence-corrected chi connectivity index (χ3v) is 3.86. The van der Waals surface area contributed by atoms with Crippen molar-refractivity contribution < 1.29 is 0 Å². The van der Waals surface area contributed by atoms with Crippen LogP contribution < -0.4 is 5.32 Å². The van der Waals surface area contributed by atoms with Crippen molar-refractivity contribution >= 4 is 11.3 Å². The topological polar surface area (TPSA) is 42.7 Å². The number of nitrogens with zero attached hydrogens (tertiary/aromatic N) is 3. The fourth-order valence-electron chi connectivity index (χ4n) is 1.70. The molecule has 1 N–H and O–H groups in total. The minimum atomic E-state index is 0.435. The predicted molar refractivity (Wildman–Crippen MR) is 70.1 cm³/mol. The summed E-state index contributed by atoms with van der Waals surface area (Å²) in [6.45, 7) is 6.27. The van der Waals surface area contributed by atoms with E-state index >= 15 is 0 Å². The van der Waals surface area contributed by atoms with Crippen LogP contribution in [0.25, 0.3) is 0 Å². The standard InChI is InChI=1S/C12H18N4S/c1-10-4-5-12(17-10)11(2)13-6-3-8-16-9-7-14-15-16/h4-5,7,9,11,13H,3,6,8H2,1-2H3. The van der Waals surface area contributed by atoms with E-state index in [1.165, 1.54) is 9.75 Å². The van der Waals surface area contributed by atoms with Crippen LogP contribution in [0.1, 0.15) is 29.1 Å². The van der Waals surface area contributed by atoms with Crippen molar-refractivity contribution in [2.75, 3.05) is 6.54 Å². The Morgan fingerprint density at radius 3 is 3.00 bits per heavy atom. The zero-order chi connectivity index (χ0) is 12.1. The predicted octanol–water partition coefficient (Wildman–Crippen LogP) is 2.39. The Kier molecular flexibility index (Phi) is 4.28. The van der Waals surface area contributed by atoms with Crippen molar-refractivity contribution in [3.8, 4) is 0 Å². The molecule has 17 heavy (non-hydrogen) atoms. The molecule has 2 rings (SSSR count). The normalized spacial score (nSPS) is 12.8. The van der Waals surface area contributed by atoms with E-state index in [4.69, 9.17) is 0 Å². The van der Waals surface area contributed by atoms with Gasteiger partial charge < -0.3 is 5.32 Å². The van der Waals surface area contributed by atoms with E-state index in [-0.39, 0.29) is 0 Å². The van der Waals surface area contributed by atoms with Gasteiger partial charge in [0.1, 0.15) is 0 Å². The van der Waals surface area contributed by atoms with E-state index < -0.39 is 0 Å². The number of nitrogens with one attached hydrogen (secondary N) is 1. The first-order valence-electron chi connectivity index (χ1n) is 5.89. The minimum Gasteiger partial charge on any atom is -0.309 e. The van der Waals surface area contributed by atoms with E-state index in [1.54, 1.807) is 6.20 Å². The molecule has 0 aliphatic carbocycles. The molecular formula is C12H18N4S. The number of aryl methyl sites for hydroxylation is 2. The second-order valence-corrected chi connectivity index (χ2v) is 5.46. The summed E-state index contributed by atoms with van der Waals surface area (Å²) in [4.78, 5) is 2.78. The van der Waals surface area contributed by atoms with Crippen LogP contribution in [0.5, 0.6) is 0 Å². The average molecular weight is 250 g/mol. The SMILES string of the molecule is Cc1ccc(C(C)NCCCn2ccnn2)s1. The average Bonchev–Trinajstić information content (AvgIpc) is 2.95. The smallest absolute Gasteiger partial charge is 0.0692 e. The zero-order valence-electron chi connectivity index (χ0n) is 10.3. The highest BCUT2D eigenvalue weighted by atomic mass is 32.1. The molecule has 2 aromatic rings. The van der Waals surface area contributed by atoms with E-state index in [0.29, 0.717) is 6.04 Å². The first-order chi connectivity index (χ1) is 8.25. The Hall–Kier alpha value is -1.20. The number of aromatic nitrogens is 3. The Morgan fingerprint density at radius 1 is 1.47 bits per heavy atom. The van der Waals surface area contributed by atoms with Crippen LogP contribution in [0.15, 0.2) is 24.5 Å². The molecule has 2 heterocycles. The van der Waals surface area contributed by atoms with E-state index in [2.05, 4.69) is 41.6 Å². The summed E-state index contributed by atoms with van der Waals surface area (Å²) < 4.78 is 1.86. The lowest BCUT2D eigenvalue weighted by molar-refractivity contribution is 0.502. The van der Waals surface area contributed by atoms with Gasteiger partial charge in [-0.05, 0) is 38.9 Å². The van der Waals surface area contributed by atoms with Gasteiger partial charge in [-0.15, -0.1) is 16.4 Å². The Morgan fingerprint density at radius 2 is 2.35 bits per heavy atom. The molecule has 0 fully saturated rings. The third kappa shape index (κ3) is 3.64. The largest absolute Gasteiger partial charge is 0.309 e. The molecule has 0 radical (unpaired) electrons. The fourth-order valence-corrected chi connectivity index (χ4v) is 2.60. The van der Waals surface area contributed by atoms with Gasteiger partial charge in [0.2, 0.25) is 0 Å². The highest BCUT2D eigenvalue weighted by Crippen LogP contribution is 2.21. The first kappa shape index (κ1) is 12.3. The molecule has 5 heteroatoms. The lowest BCUT2D eigenvalue weighted by atomic mass is 10.2. The van der Waals surface area contributed by atoms with E-state index in [9.17, 15) is 0 Å². The summed E-state index contributed by atoms with van der Waals surface area (Å²) in [6, 6.07) is 4.81. The maximum absolute atomic E-state index is 3.94. The zero-order valence-corrected chi connectivity index (χ0v) is 11.1. The van der Waals surface area contributed by atoms with Crippen LogP contribution in [-0.2, 0) is 6.54 Å². The highest BCUT2D eigenvalue weighted by Gasteiger charge is 2.06. The minimum absolute atomic E-state index is 0.435. The summed E-state index contributed by atoms with van der Waals surface area (Å²) in [5.74, 6) is 0. The van der Waals surface area contributed by atoms with Crippen LogP contribution in [0.2, 0.25) is 0 Å². The van der Waals surface area contributed by atoms with Gasteiger partial charge in [0.25, 0.3) is 0 Å². The summed E-state index contributed by atoms with van der Waals surface area (Å²) in [5, 5.41) is 11.2. The molecule has 1 unspecified atom stereocenters. The van der Waals surface area contributed by atoms with Gasteiger partial charge in [0, 0.05) is 28.5 Å². The molecule has 0 saturated heterocycles. The fraction of sp³-hybridized carbons (Fsp3) is 0.500. The van der Waals surface area contributed by atoms with E-state index in [1.807, 2.05) is 22.2 Å². The van der Waals surface area contributed by atoms with Gasteiger partial charge in [-0.25, -0.2) is 0 Å². The third-order valence-electron chi connectivity index (χ3n) is 2.67. The van der Waals surface area contributed by atoms with Crippen molar-refractivity contribution in [1.82, 2.24) is 20.3 Å². The van der Waals surface area contributed by atoms with Crippen molar-refractivity contribution in [3.63, 3.8) is 0 Å². The lowest BCUT2D eigenvalue weighted by Crippen LogP contribution is -2.20. The summed E-state index contributed by atoms with van der Waals surface area (Å²) in [5.41, 5.74) is 0.